The monoisotopic (exact) mass is 218 g/mol. The Balaban J connectivity index is 3.69. The Morgan fingerprint density at radius 3 is 2.57 bits per heavy atom. The molecule has 0 saturated heterocycles. The third kappa shape index (κ3) is 7.06. The lowest BCUT2D eigenvalue weighted by Crippen LogP contribution is -2.18. The summed E-state index contributed by atoms with van der Waals surface area (Å²) in [6, 6.07) is 0. The zero-order valence-electron chi connectivity index (χ0n) is 9.36. The van der Waals surface area contributed by atoms with Gasteiger partial charge in [0.1, 0.15) is 5.84 Å². The number of nitrogens with two attached hydrogens (primary N) is 1. The predicted octanol–water partition coefficient (Wildman–Crippen LogP) is 2.68. The Hall–Kier alpha value is -0.380. The van der Waals surface area contributed by atoms with Gasteiger partial charge in [0.25, 0.3) is 0 Å². The van der Waals surface area contributed by atoms with Gasteiger partial charge in [0.05, 0.1) is 0 Å². The van der Waals surface area contributed by atoms with E-state index < -0.39 is 0 Å². The fraction of sp³-hybridized carbons (Fsp3) is 0.900. The van der Waals surface area contributed by atoms with Crippen molar-refractivity contribution in [1.29, 1.82) is 0 Å². The summed E-state index contributed by atoms with van der Waals surface area (Å²) in [6.45, 7) is 6.59. The van der Waals surface area contributed by atoms with Gasteiger partial charge in [0, 0.05) is 11.7 Å². The first-order chi connectivity index (χ1) is 6.60. The van der Waals surface area contributed by atoms with Gasteiger partial charge in [-0.05, 0) is 24.5 Å². The Morgan fingerprint density at radius 1 is 1.50 bits per heavy atom. The Kier molecular flexibility index (Phi) is 7.76. The number of rotatable bonds is 7. The van der Waals surface area contributed by atoms with Crippen molar-refractivity contribution < 1.29 is 5.21 Å². The summed E-state index contributed by atoms with van der Waals surface area (Å²) in [4.78, 5) is 0. The van der Waals surface area contributed by atoms with E-state index in [1.807, 2.05) is 11.8 Å². The molecule has 0 rings (SSSR count). The van der Waals surface area contributed by atoms with Crippen molar-refractivity contribution >= 4 is 17.6 Å². The minimum atomic E-state index is 0.342. The van der Waals surface area contributed by atoms with E-state index in [1.54, 1.807) is 0 Å². The molecule has 3 nitrogen and oxygen atoms in total. The molecule has 0 aliphatic carbocycles. The van der Waals surface area contributed by atoms with Crippen LogP contribution in [-0.2, 0) is 0 Å². The molecule has 0 aromatic rings. The van der Waals surface area contributed by atoms with Gasteiger partial charge in [-0.25, -0.2) is 0 Å². The van der Waals surface area contributed by atoms with E-state index in [-0.39, 0.29) is 0 Å². The second kappa shape index (κ2) is 7.97. The van der Waals surface area contributed by atoms with Crippen LogP contribution in [0.1, 0.15) is 40.0 Å². The van der Waals surface area contributed by atoms with Crippen LogP contribution in [0.2, 0.25) is 0 Å². The highest BCUT2D eigenvalue weighted by molar-refractivity contribution is 7.99. The SMILES string of the molecule is CCC(CC(N)=NO)SCCC(C)C. The fourth-order valence-electron chi connectivity index (χ4n) is 1.07. The number of nitrogens with zero attached hydrogens (tertiary/aromatic N) is 1. The molecule has 0 aromatic carbocycles. The van der Waals surface area contributed by atoms with Gasteiger partial charge in [-0.3, -0.25) is 0 Å². The largest absolute Gasteiger partial charge is 0.409 e. The lowest BCUT2D eigenvalue weighted by molar-refractivity contribution is 0.316. The van der Waals surface area contributed by atoms with Crippen LogP contribution in [0.15, 0.2) is 5.16 Å². The third-order valence-electron chi connectivity index (χ3n) is 2.07. The molecule has 0 aliphatic rings. The molecule has 4 heteroatoms. The molecule has 0 aliphatic heterocycles. The fourth-order valence-corrected chi connectivity index (χ4v) is 2.53. The van der Waals surface area contributed by atoms with Crippen LogP contribution < -0.4 is 5.73 Å². The first-order valence-corrected chi connectivity index (χ1v) is 6.23. The van der Waals surface area contributed by atoms with Crippen molar-refractivity contribution in [3.05, 3.63) is 0 Å². The molecule has 0 radical (unpaired) electrons. The maximum absolute atomic E-state index is 8.45. The van der Waals surface area contributed by atoms with E-state index in [1.165, 1.54) is 6.42 Å². The van der Waals surface area contributed by atoms with E-state index in [2.05, 4.69) is 25.9 Å². The van der Waals surface area contributed by atoms with Gasteiger partial charge >= 0.3 is 0 Å². The van der Waals surface area contributed by atoms with Gasteiger partial charge in [-0.15, -0.1) is 0 Å². The van der Waals surface area contributed by atoms with E-state index >= 15 is 0 Å². The average Bonchev–Trinajstić information content (AvgIpc) is 2.15. The van der Waals surface area contributed by atoms with Crippen molar-refractivity contribution in [2.75, 3.05) is 5.75 Å². The van der Waals surface area contributed by atoms with Gasteiger partial charge < -0.3 is 10.9 Å². The normalized spacial score (nSPS) is 14.7. The third-order valence-corrected chi connectivity index (χ3v) is 3.51. The molecule has 0 bridgehead atoms. The maximum atomic E-state index is 8.45. The highest BCUT2D eigenvalue weighted by Gasteiger charge is 2.09. The van der Waals surface area contributed by atoms with Crippen molar-refractivity contribution in [1.82, 2.24) is 0 Å². The zero-order chi connectivity index (χ0) is 11.0. The summed E-state index contributed by atoms with van der Waals surface area (Å²) in [5, 5.41) is 11.9. The molecular weight excluding hydrogens is 196 g/mol. The number of thioether (sulfide) groups is 1. The summed E-state index contributed by atoms with van der Waals surface area (Å²) >= 11 is 1.92. The Labute approximate surface area is 91.1 Å². The van der Waals surface area contributed by atoms with Crippen molar-refractivity contribution in [2.24, 2.45) is 16.8 Å². The van der Waals surface area contributed by atoms with Crippen LogP contribution in [0, 0.1) is 5.92 Å². The van der Waals surface area contributed by atoms with Gasteiger partial charge in [-0.2, -0.15) is 11.8 Å². The highest BCUT2D eigenvalue weighted by atomic mass is 32.2. The summed E-state index contributed by atoms with van der Waals surface area (Å²) < 4.78 is 0. The molecule has 0 fully saturated rings. The zero-order valence-corrected chi connectivity index (χ0v) is 10.2. The number of amidine groups is 1. The van der Waals surface area contributed by atoms with Crippen LogP contribution in [0.25, 0.3) is 0 Å². The number of hydrogen-bond donors (Lipinski definition) is 2. The molecule has 0 saturated carbocycles. The molecular formula is C10H22N2OS. The minimum Gasteiger partial charge on any atom is -0.409 e. The van der Waals surface area contributed by atoms with Crippen LogP contribution in [0.5, 0.6) is 0 Å². The minimum absolute atomic E-state index is 0.342. The Bertz CT molecular complexity index is 172. The molecule has 0 spiro atoms. The van der Waals surface area contributed by atoms with E-state index in [9.17, 15) is 0 Å². The lowest BCUT2D eigenvalue weighted by Gasteiger charge is -2.14. The van der Waals surface area contributed by atoms with Gasteiger partial charge in [0.15, 0.2) is 0 Å². The molecule has 1 atom stereocenters. The van der Waals surface area contributed by atoms with Gasteiger partial charge in [-0.1, -0.05) is 25.9 Å². The van der Waals surface area contributed by atoms with Crippen LogP contribution >= 0.6 is 11.8 Å². The van der Waals surface area contributed by atoms with Gasteiger partial charge in [0.2, 0.25) is 0 Å². The standard InChI is InChI=1S/C10H22N2OS/c1-4-9(7-10(11)12-13)14-6-5-8(2)3/h8-9,13H,4-7H2,1-3H3,(H2,11,12). The smallest absolute Gasteiger partial charge is 0.140 e. The average molecular weight is 218 g/mol. The van der Waals surface area contributed by atoms with Crippen LogP contribution in [0.4, 0.5) is 0 Å². The van der Waals surface area contributed by atoms with E-state index in [4.69, 9.17) is 10.9 Å². The first-order valence-electron chi connectivity index (χ1n) is 5.18. The first kappa shape index (κ1) is 13.6. The van der Waals surface area contributed by atoms with E-state index in [0.29, 0.717) is 17.5 Å². The van der Waals surface area contributed by atoms with Crippen molar-refractivity contribution in [2.45, 2.75) is 45.3 Å². The molecule has 84 valence electrons. The van der Waals surface area contributed by atoms with Crippen molar-refractivity contribution in [3.63, 3.8) is 0 Å². The molecule has 0 amide bonds. The Morgan fingerprint density at radius 2 is 2.14 bits per heavy atom. The molecule has 0 heterocycles. The molecule has 3 N–H and O–H groups in total. The van der Waals surface area contributed by atoms with Crippen LogP contribution in [-0.4, -0.2) is 22.0 Å². The second-order valence-electron chi connectivity index (χ2n) is 3.88. The lowest BCUT2D eigenvalue weighted by atomic mass is 10.2. The van der Waals surface area contributed by atoms with Crippen molar-refractivity contribution in [3.8, 4) is 0 Å². The number of hydrogen-bond acceptors (Lipinski definition) is 3. The second-order valence-corrected chi connectivity index (χ2v) is 5.29. The summed E-state index contributed by atoms with van der Waals surface area (Å²) in [5.74, 6) is 2.26. The topological polar surface area (TPSA) is 58.6 Å². The summed E-state index contributed by atoms with van der Waals surface area (Å²) in [6.07, 6.45) is 2.99. The molecule has 14 heavy (non-hydrogen) atoms. The highest BCUT2D eigenvalue weighted by Crippen LogP contribution is 2.20. The van der Waals surface area contributed by atoms with E-state index in [0.717, 1.165) is 18.1 Å². The number of oxime groups is 1. The summed E-state index contributed by atoms with van der Waals surface area (Å²) in [7, 11) is 0. The van der Waals surface area contributed by atoms with Crippen LogP contribution in [0.3, 0.4) is 0 Å². The maximum Gasteiger partial charge on any atom is 0.140 e. The summed E-state index contributed by atoms with van der Waals surface area (Å²) in [5.41, 5.74) is 5.47. The quantitative estimate of drug-likeness (QED) is 0.299. The molecule has 0 aromatic heterocycles. The predicted molar refractivity (Wildman–Crippen MR) is 64.0 cm³/mol. The molecule has 1 unspecified atom stereocenters.